The van der Waals surface area contributed by atoms with Crippen molar-refractivity contribution in [2.45, 2.75) is 107 Å². The topological polar surface area (TPSA) is 127 Å². The van der Waals surface area contributed by atoms with Crippen molar-refractivity contribution in [2.24, 2.45) is 5.92 Å². The Kier molecular flexibility index (Phi) is 8.24. The fourth-order valence-electron chi connectivity index (χ4n) is 5.40. The van der Waals surface area contributed by atoms with E-state index in [9.17, 15) is 4.79 Å². The Morgan fingerprint density at radius 3 is 2.83 bits per heavy atom. The van der Waals surface area contributed by atoms with E-state index in [1.807, 2.05) is 0 Å². The minimum Gasteiger partial charge on any atom is -0.414 e. The molecule has 15 heteroatoms. The lowest BCUT2D eigenvalue weighted by atomic mass is 9.77. The number of rotatable bonds is 7. The Hall–Kier alpha value is -1.12. The van der Waals surface area contributed by atoms with Crippen molar-refractivity contribution >= 4 is 54.3 Å². The number of aromatic nitrogens is 4. The van der Waals surface area contributed by atoms with Crippen LogP contribution in [0.2, 0.25) is 18.1 Å². The third kappa shape index (κ3) is 5.87. The van der Waals surface area contributed by atoms with Crippen LogP contribution in [0, 0.1) is 5.92 Å². The predicted octanol–water partition coefficient (Wildman–Crippen LogP) is 5.84. The van der Waals surface area contributed by atoms with Gasteiger partial charge in [0.2, 0.25) is 11.6 Å². The monoisotopic (exact) mass is 645 g/mol. The highest BCUT2D eigenvalue weighted by Gasteiger charge is 2.57. The van der Waals surface area contributed by atoms with Gasteiger partial charge in [0.15, 0.2) is 31.9 Å². The lowest BCUT2D eigenvalue weighted by molar-refractivity contribution is -0.0413. The molecule has 4 heterocycles. The summed E-state index contributed by atoms with van der Waals surface area (Å²) >= 11 is 7.57. The largest absolute Gasteiger partial charge is 0.414 e. The Bertz CT molecular complexity index is 1450. The van der Waals surface area contributed by atoms with E-state index in [0.717, 1.165) is 24.8 Å². The van der Waals surface area contributed by atoms with Crippen molar-refractivity contribution in [3.63, 3.8) is 0 Å². The van der Waals surface area contributed by atoms with Crippen molar-refractivity contribution in [2.75, 3.05) is 12.3 Å². The molecule has 0 amide bonds. The number of imidazole rings is 1. The third-order valence-corrected chi connectivity index (χ3v) is 19.3. The number of halogens is 1. The normalized spacial score (nSPS) is 36.1. The molecular formula is C26H41FN5O5PS2Si. The van der Waals surface area contributed by atoms with Crippen LogP contribution in [-0.4, -0.2) is 63.7 Å². The van der Waals surface area contributed by atoms with Crippen LogP contribution >= 0.6 is 17.1 Å². The SMILES string of the molecule is C=C(C)[C@H]1CC[C@@]2(C)SP(=S)(O[C@H]3[C@@H](F)[C@H](n4cnc5c(=O)[nH]c(N)nc54)O[C@@H]3CO[Si](C)(C)C(C)(C)C)O[C@@H]2C1. The summed E-state index contributed by atoms with van der Waals surface area (Å²) in [6, 6.07) is 0. The summed E-state index contributed by atoms with van der Waals surface area (Å²) in [5.74, 6) is 0.269. The number of ether oxygens (including phenoxy) is 1. The Labute approximate surface area is 250 Å². The zero-order chi connectivity index (χ0) is 30.1. The lowest BCUT2D eigenvalue weighted by Crippen LogP contribution is -2.44. The second-order valence-electron chi connectivity index (χ2n) is 13.2. The number of anilines is 1. The summed E-state index contributed by atoms with van der Waals surface area (Å²) in [5, 5.41) is -0.0553. The summed E-state index contributed by atoms with van der Waals surface area (Å²) in [6.07, 6.45) is -0.663. The van der Waals surface area contributed by atoms with Crippen molar-refractivity contribution < 1.29 is 22.6 Å². The maximum absolute atomic E-state index is 16.5. The molecule has 2 aromatic heterocycles. The zero-order valence-electron chi connectivity index (χ0n) is 24.7. The van der Waals surface area contributed by atoms with Crippen molar-refractivity contribution in [1.29, 1.82) is 0 Å². The fraction of sp³-hybridized carbons (Fsp3) is 0.731. The highest BCUT2D eigenvalue weighted by molar-refractivity contribution is 8.68. The van der Waals surface area contributed by atoms with Crippen molar-refractivity contribution in [3.05, 3.63) is 28.8 Å². The molecule has 10 nitrogen and oxygen atoms in total. The van der Waals surface area contributed by atoms with Crippen LogP contribution < -0.4 is 11.3 Å². The first kappa shape index (κ1) is 31.3. The quantitative estimate of drug-likeness (QED) is 0.216. The minimum atomic E-state index is -2.94. The molecule has 0 bridgehead atoms. The minimum absolute atomic E-state index is 0.0411. The van der Waals surface area contributed by atoms with E-state index in [2.05, 4.69) is 69.2 Å². The number of fused-ring (bicyclic) bond motifs is 2. The van der Waals surface area contributed by atoms with Gasteiger partial charge in [-0.25, -0.2) is 9.37 Å². The first-order valence-electron chi connectivity index (χ1n) is 13.9. The first-order valence-corrected chi connectivity index (χ1v) is 20.9. The number of H-pyrrole nitrogens is 1. The highest BCUT2D eigenvalue weighted by Crippen LogP contribution is 2.76. The molecule has 2 aromatic rings. The van der Waals surface area contributed by atoms with E-state index in [1.165, 1.54) is 10.9 Å². The average molecular weight is 646 g/mol. The molecule has 0 aromatic carbocycles. The molecule has 1 saturated carbocycles. The number of nitrogen functional groups attached to an aromatic ring is 1. The lowest BCUT2D eigenvalue weighted by Gasteiger charge is -2.37. The highest BCUT2D eigenvalue weighted by atomic mass is 32.9. The Morgan fingerprint density at radius 2 is 2.17 bits per heavy atom. The number of alkyl halides is 1. The second-order valence-corrected chi connectivity index (χ2v) is 24.6. The van der Waals surface area contributed by atoms with Crippen LogP contribution in [0.5, 0.6) is 0 Å². The van der Waals surface area contributed by atoms with Gasteiger partial charge in [-0.2, -0.15) is 4.98 Å². The summed E-state index contributed by atoms with van der Waals surface area (Å²) in [7, 11) is -2.20. The van der Waals surface area contributed by atoms with Crippen LogP contribution in [0.25, 0.3) is 11.2 Å². The number of hydrogen-bond donors (Lipinski definition) is 2. The second kappa shape index (κ2) is 10.8. The number of nitrogens with one attached hydrogen (secondary N) is 1. The molecule has 2 saturated heterocycles. The van der Waals surface area contributed by atoms with Gasteiger partial charge < -0.3 is 23.9 Å². The van der Waals surface area contributed by atoms with Gasteiger partial charge in [-0.05, 0) is 69.0 Å². The summed E-state index contributed by atoms with van der Waals surface area (Å²) in [5.41, 5.74) is 3.63. The average Bonchev–Trinajstić information content (AvgIpc) is 3.47. The van der Waals surface area contributed by atoms with Gasteiger partial charge in [-0.15, -0.1) is 0 Å². The number of allylic oxidation sites excluding steroid dienone is 1. The Balaban J connectivity index is 1.44. The molecule has 3 N–H and O–H groups in total. The van der Waals surface area contributed by atoms with Crippen LogP contribution in [-0.2, 0) is 30.0 Å². The Morgan fingerprint density at radius 1 is 1.46 bits per heavy atom. The van der Waals surface area contributed by atoms with Crippen molar-refractivity contribution in [1.82, 2.24) is 19.5 Å². The fourth-order valence-corrected chi connectivity index (χ4v) is 13.9. The molecule has 8 atom stereocenters. The summed E-state index contributed by atoms with van der Waals surface area (Å²) in [4.78, 5) is 23.1. The smallest absolute Gasteiger partial charge is 0.280 e. The first-order chi connectivity index (χ1) is 18.9. The van der Waals surface area contributed by atoms with Crippen LogP contribution in [0.3, 0.4) is 0 Å². The van der Waals surface area contributed by atoms with Gasteiger partial charge >= 0.3 is 0 Å². The molecule has 0 spiro atoms. The molecular weight excluding hydrogens is 605 g/mol. The maximum Gasteiger partial charge on any atom is 0.280 e. The molecule has 1 unspecified atom stereocenters. The van der Waals surface area contributed by atoms with Gasteiger partial charge in [-0.3, -0.25) is 14.3 Å². The molecule has 41 heavy (non-hydrogen) atoms. The molecule has 5 rings (SSSR count). The maximum atomic E-state index is 16.5. The standard InChI is InChI=1S/C26H41FN5O5PS2Si/c1-14(2)15-9-10-26(6)17(11-15)36-38(39,40-26)37-20-16(12-34-41(7,8)25(3,4)5)35-23(18(20)27)32-13-29-19-21(32)30-24(28)31-22(19)33/h13,15-18,20,23H,1,9-12H2,2-8H3,(H3,28,30,31,33)/t15-,16+,17+,18+,20+,23+,26+,38?/m0/s1. The predicted molar refractivity (Wildman–Crippen MR) is 167 cm³/mol. The van der Waals surface area contributed by atoms with Crippen LogP contribution in [0.4, 0.5) is 10.3 Å². The van der Waals surface area contributed by atoms with Gasteiger partial charge in [0.25, 0.3) is 5.56 Å². The molecule has 0 radical (unpaired) electrons. The molecule has 228 valence electrons. The summed E-state index contributed by atoms with van der Waals surface area (Å²) < 4.78 is 43.5. The molecule has 3 aliphatic rings. The van der Waals surface area contributed by atoms with Gasteiger partial charge in [0.1, 0.15) is 12.2 Å². The van der Waals surface area contributed by atoms with E-state index in [-0.39, 0.29) is 39.6 Å². The van der Waals surface area contributed by atoms with Crippen LogP contribution in [0.1, 0.15) is 60.1 Å². The van der Waals surface area contributed by atoms with Crippen LogP contribution in [0.15, 0.2) is 23.3 Å². The van der Waals surface area contributed by atoms with Gasteiger partial charge in [0.05, 0.1) is 19.0 Å². The van der Waals surface area contributed by atoms with E-state index in [4.69, 9.17) is 35.8 Å². The van der Waals surface area contributed by atoms with E-state index in [1.54, 1.807) is 11.4 Å². The zero-order valence-corrected chi connectivity index (χ0v) is 28.2. The van der Waals surface area contributed by atoms with E-state index in [0.29, 0.717) is 5.92 Å². The number of aromatic amines is 1. The van der Waals surface area contributed by atoms with Crippen molar-refractivity contribution in [3.8, 4) is 0 Å². The molecule has 3 fully saturated rings. The third-order valence-electron chi connectivity index (χ3n) is 9.10. The number of nitrogens with zero attached hydrogens (tertiary/aromatic N) is 3. The molecule has 1 aliphatic carbocycles. The van der Waals surface area contributed by atoms with Gasteiger partial charge in [0, 0.05) is 4.75 Å². The summed E-state index contributed by atoms with van der Waals surface area (Å²) in [6.45, 7) is 19.2. The molecule has 2 aliphatic heterocycles. The number of nitrogens with two attached hydrogens (primary N) is 1. The van der Waals surface area contributed by atoms with E-state index < -0.39 is 44.2 Å². The van der Waals surface area contributed by atoms with E-state index >= 15 is 4.39 Å². The number of hydrogen-bond acceptors (Lipinski definition) is 10. The van der Waals surface area contributed by atoms with Gasteiger partial charge in [-0.1, -0.05) is 44.3 Å².